The minimum absolute atomic E-state index is 0.0443. The first-order valence-corrected chi connectivity index (χ1v) is 8.30. The van der Waals surface area contributed by atoms with Crippen LogP contribution in [-0.2, 0) is 4.84 Å². The maximum Gasteiger partial charge on any atom is 0.385 e. The van der Waals surface area contributed by atoms with Crippen LogP contribution in [0.1, 0.15) is 75.1 Å². The van der Waals surface area contributed by atoms with Gasteiger partial charge in [0, 0.05) is 5.92 Å². The van der Waals surface area contributed by atoms with Crippen LogP contribution in [-0.4, -0.2) is 27.8 Å². The van der Waals surface area contributed by atoms with Crippen molar-refractivity contribution in [3.8, 4) is 0 Å². The molecule has 1 aliphatic carbocycles. The molecule has 1 fully saturated rings. The molecule has 2 heterocycles. The molecule has 0 saturated heterocycles. The molecule has 0 spiro atoms. The minimum atomic E-state index is -0.889. The molecule has 128 valence electrons. The highest BCUT2D eigenvalue weighted by atomic mass is 16.7. The molecule has 4 rings (SSSR count). The lowest BCUT2D eigenvalue weighted by Crippen LogP contribution is -2.32. The molecule has 0 unspecified atom stereocenters. The fraction of sp³-hybridized carbons (Fsp3) is 0.333. The molecule has 25 heavy (non-hydrogen) atoms. The predicted octanol–water partition coefficient (Wildman–Crippen LogP) is 3.09. The molecule has 0 radical (unpaired) electrons. The molecule has 2 aromatic rings. The molecule has 7 heteroatoms. The van der Waals surface area contributed by atoms with Gasteiger partial charge in [-0.1, -0.05) is 36.5 Å². The van der Waals surface area contributed by atoms with Crippen molar-refractivity contribution in [3.63, 3.8) is 0 Å². The van der Waals surface area contributed by atoms with E-state index in [9.17, 15) is 14.4 Å². The van der Waals surface area contributed by atoms with Crippen LogP contribution in [0.5, 0.6) is 0 Å². The van der Waals surface area contributed by atoms with Gasteiger partial charge in [0.1, 0.15) is 6.26 Å². The lowest BCUT2D eigenvalue weighted by molar-refractivity contribution is -0.0588. The monoisotopic (exact) mass is 340 g/mol. The van der Waals surface area contributed by atoms with E-state index in [1.165, 1.54) is 24.8 Å². The molecule has 2 aliphatic rings. The quantitative estimate of drug-likeness (QED) is 0.798. The van der Waals surface area contributed by atoms with Gasteiger partial charge in [-0.2, -0.15) is 0 Å². The van der Waals surface area contributed by atoms with Crippen molar-refractivity contribution in [1.82, 2.24) is 10.0 Å². The van der Waals surface area contributed by atoms with E-state index in [1.807, 2.05) is 0 Å². The molecular formula is C18H16N2O5. The van der Waals surface area contributed by atoms with E-state index in [0.717, 1.165) is 25.7 Å². The SMILES string of the molecule is O=C(ON1C(=O)c2ccccc2C1=O)c1coc(C2CCCCC2)n1. The number of benzene rings is 1. The second-order valence-electron chi connectivity index (χ2n) is 6.23. The van der Waals surface area contributed by atoms with Gasteiger partial charge in [-0.05, 0) is 25.0 Å². The van der Waals surface area contributed by atoms with Crippen LogP contribution in [0.15, 0.2) is 34.9 Å². The zero-order valence-corrected chi connectivity index (χ0v) is 13.4. The van der Waals surface area contributed by atoms with Gasteiger partial charge >= 0.3 is 5.97 Å². The van der Waals surface area contributed by atoms with E-state index in [-0.39, 0.29) is 22.7 Å². The van der Waals surface area contributed by atoms with Gasteiger partial charge < -0.3 is 9.25 Å². The summed E-state index contributed by atoms with van der Waals surface area (Å²) in [5, 5.41) is 0.474. The molecule has 1 aromatic heterocycles. The Hall–Kier alpha value is -2.96. The third-order valence-electron chi connectivity index (χ3n) is 4.62. The van der Waals surface area contributed by atoms with Gasteiger partial charge in [0.25, 0.3) is 11.8 Å². The predicted molar refractivity (Wildman–Crippen MR) is 84.7 cm³/mol. The Bertz CT molecular complexity index is 816. The standard InChI is InChI=1S/C18H16N2O5/c21-16-12-8-4-5-9-13(12)17(22)20(16)25-18(23)14-10-24-15(19-14)11-6-2-1-3-7-11/h4-5,8-11H,1-3,6-7H2. The molecule has 0 bridgehead atoms. The number of nitrogens with zero attached hydrogens (tertiary/aromatic N) is 2. The summed E-state index contributed by atoms with van der Waals surface area (Å²) in [6.45, 7) is 0. The summed E-state index contributed by atoms with van der Waals surface area (Å²) in [6, 6.07) is 6.31. The Kier molecular flexibility index (Phi) is 3.83. The second-order valence-corrected chi connectivity index (χ2v) is 6.23. The first-order valence-electron chi connectivity index (χ1n) is 8.30. The summed E-state index contributed by atoms with van der Waals surface area (Å²) in [5.41, 5.74) is 0.379. The number of carbonyl (C=O) groups excluding carboxylic acids is 3. The van der Waals surface area contributed by atoms with E-state index < -0.39 is 17.8 Å². The lowest BCUT2D eigenvalue weighted by atomic mass is 9.89. The van der Waals surface area contributed by atoms with Crippen LogP contribution in [0.4, 0.5) is 0 Å². The number of rotatable bonds is 3. The topological polar surface area (TPSA) is 89.7 Å². The van der Waals surface area contributed by atoms with Crippen molar-refractivity contribution in [1.29, 1.82) is 0 Å². The second kappa shape index (κ2) is 6.16. The zero-order chi connectivity index (χ0) is 17.4. The number of hydrogen-bond donors (Lipinski definition) is 0. The summed E-state index contributed by atoms with van der Waals surface area (Å²) in [6.07, 6.45) is 6.60. The Morgan fingerprint density at radius 2 is 1.72 bits per heavy atom. The van der Waals surface area contributed by atoms with Gasteiger partial charge in [0.05, 0.1) is 11.1 Å². The van der Waals surface area contributed by atoms with Crippen molar-refractivity contribution in [2.45, 2.75) is 38.0 Å². The largest absolute Gasteiger partial charge is 0.448 e. The summed E-state index contributed by atoms with van der Waals surface area (Å²) in [4.78, 5) is 45.8. The smallest absolute Gasteiger partial charge is 0.385 e. The van der Waals surface area contributed by atoms with E-state index in [2.05, 4.69) is 4.98 Å². The molecule has 1 saturated carbocycles. The minimum Gasteiger partial charge on any atom is -0.448 e. The number of imide groups is 1. The highest BCUT2D eigenvalue weighted by Gasteiger charge is 2.39. The van der Waals surface area contributed by atoms with Crippen LogP contribution >= 0.6 is 0 Å². The van der Waals surface area contributed by atoms with Gasteiger partial charge in [0.2, 0.25) is 0 Å². The van der Waals surface area contributed by atoms with Crippen molar-refractivity contribution in [2.75, 3.05) is 0 Å². The summed E-state index contributed by atoms with van der Waals surface area (Å²) >= 11 is 0. The van der Waals surface area contributed by atoms with E-state index >= 15 is 0 Å². The molecule has 1 aromatic carbocycles. The summed E-state index contributed by atoms with van der Waals surface area (Å²) in [7, 11) is 0. The normalized spacial score (nSPS) is 17.7. The van der Waals surface area contributed by atoms with E-state index in [1.54, 1.807) is 12.1 Å². The first-order chi connectivity index (χ1) is 12.1. The maximum absolute atomic E-state index is 12.2. The van der Waals surface area contributed by atoms with Crippen LogP contribution < -0.4 is 0 Å². The van der Waals surface area contributed by atoms with Crippen molar-refractivity contribution in [2.24, 2.45) is 0 Å². The van der Waals surface area contributed by atoms with Crippen molar-refractivity contribution < 1.29 is 23.6 Å². The fourth-order valence-electron chi connectivity index (χ4n) is 3.30. The Labute approximate surface area is 143 Å². The number of amides is 2. The van der Waals surface area contributed by atoms with Crippen LogP contribution in [0.25, 0.3) is 0 Å². The average Bonchev–Trinajstić information content (AvgIpc) is 3.23. The molecule has 0 atom stereocenters. The van der Waals surface area contributed by atoms with Crippen LogP contribution in [0.2, 0.25) is 0 Å². The molecule has 2 amide bonds. The average molecular weight is 340 g/mol. The Morgan fingerprint density at radius 1 is 1.08 bits per heavy atom. The van der Waals surface area contributed by atoms with Crippen LogP contribution in [0.3, 0.4) is 0 Å². The summed E-state index contributed by atoms with van der Waals surface area (Å²) < 4.78 is 5.40. The van der Waals surface area contributed by atoms with Gasteiger partial charge in [0.15, 0.2) is 11.6 Å². The number of hydroxylamine groups is 2. The van der Waals surface area contributed by atoms with E-state index in [0.29, 0.717) is 11.0 Å². The summed E-state index contributed by atoms with van der Waals surface area (Å²) in [5.74, 6) is -1.50. The van der Waals surface area contributed by atoms with Gasteiger partial charge in [-0.25, -0.2) is 9.78 Å². The molecule has 0 N–H and O–H groups in total. The number of fused-ring (bicyclic) bond motifs is 1. The highest BCUT2D eigenvalue weighted by Crippen LogP contribution is 2.32. The van der Waals surface area contributed by atoms with Gasteiger partial charge in [-0.15, -0.1) is 0 Å². The number of oxazole rings is 1. The number of aromatic nitrogens is 1. The Balaban J connectivity index is 1.49. The highest BCUT2D eigenvalue weighted by molar-refractivity contribution is 6.21. The third kappa shape index (κ3) is 2.71. The zero-order valence-electron chi connectivity index (χ0n) is 13.4. The van der Waals surface area contributed by atoms with Crippen LogP contribution in [0, 0.1) is 0 Å². The van der Waals surface area contributed by atoms with Crippen molar-refractivity contribution in [3.05, 3.63) is 53.2 Å². The fourth-order valence-corrected chi connectivity index (χ4v) is 3.30. The van der Waals surface area contributed by atoms with Crippen molar-refractivity contribution >= 4 is 17.8 Å². The molecule has 1 aliphatic heterocycles. The molecular weight excluding hydrogens is 324 g/mol. The Morgan fingerprint density at radius 3 is 2.36 bits per heavy atom. The first kappa shape index (κ1) is 15.6. The third-order valence-corrected chi connectivity index (χ3v) is 4.62. The lowest BCUT2D eigenvalue weighted by Gasteiger charge is -2.17. The number of carbonyl (C=O) groups is 3. The van der Waals surface area contributed by atoms with E-state index in [4.69, 9.17) is 9.25 Å². The maximum atomic E-state index is 12.2. The number of hydrogen-bond acceptors (Lipinski definition) is 6. The molecule has 7 nitrogen and oxygen atoms in total. The van der Waals surface area contributed by atoms with Gasteiger partial charge in [-0.3, -0.25) is 9.59 Å².